The Balaban J connectivity index is 1.51. The molecule has 0 unspecified atom stereocenters. The molecule has 0 N–H and O–H groups in total. The molecule has 0 amide bonds. The Morgan fingerprint density at radius 3 is 2.45 bits per heavy atom. The number of ether oxygens (including phenoxy) is 1. The summed E-state index contributed by atoms with van der Waals surface area (Å²) in [6.45, 7) is 0.394. The van der Waals surface area contributed by atoms with Crippen LogP contribution in [0.25, 0.3) is 22.3 Å². The fraction of sp³-hybridized carbons (Fsp3) is 0.0690. The zero-order valence-electron chi connectivity index (χ0n) is 19.7. The molecule has 5 aromatic rings. The van der Waals surface area contributed by atoms with Crippen molar-refractivity contribution in [3.63, 3.8) is 0 Å². The Morgan fingerprint density at radius 1 is 0.921 bits per heavy atom. The van der Waals surface area contributed by atoms with E-state index in [2.05, 4.69) is 26.0 Å². The van der Waals surface area contributed by atoms with E-state index in [0.29, 0.717) is 33.3 Å². The van der Waals surface area contributed by atoms with Crippen molar-refractivity contribution < 1.29 is 17.9 Å². The molecule has 190 valence electrons. The average Bonchev–Trinajstić information content (AvgIpc) is 2.92. The molecule has 0 radical (unpaired) electrons. The highest BCUT2D eigenvalue weighted by atomic mass is 79.9. The second-order valence-corrected chi connectivity index (χ2v) is 9.21. The molecule has 9 heteroatoms. The number of rotatable bonds is 6. The minimum absolute atomic E-state index is 0.00192. The largest absolute Gasteiger partial charge is 0.488 e. The third-order valence-electron chi connectivity index (χ3n) is 5.72. The van der Waals surface area contributed by atoms with Crippen molar-refractivity contribution in [2.45, 2.75) is 12.8 Å². The quantitative estimate of drug-likeness (QED) is 0.199. The molecule has 0 spiro atoms. The molecular weight excluding hydrogens is 559 g/mol. The summed E-state index contributed by atoms with van der Waals surface area (Å²) in [4.78, 5) is 17.8. The van der Waals surface area contributed by atoms with Crippen LogP contribution in [0.4, 0.5) is 13.2 Å². The standard InChI is InChI=1S/C29H19BrF3N3O2/c30-24-15-20(13-14-26(24)38-18-19-7-2-1-3-8-19)17-34-36-27(21-9-6-10-22(16-21)29(31,32)33)35-25-12-5-4-11-23(25)28(36)37/h1-17H,18H2. The molecule has 0 bridgehead atoms. The SMILES string of the molecule is O=c1c2ccccc2nc(-c2cccc(C(F)(F)F)c2)n1N=Cc1ccc(OCc2ccccc2)c(Br)c1. The number of benzene rings is 4. The van der Waals surface area contributed by atoms with Gasteiger partial charge in [-0.1, -0.05) is 54.6 Å². The summed E-state index contributed by atoms with van der Waals surface area (Å²) >= 11 is 3.50. The first-order chi connectivity index (χ1) is 18.3. The lowest BCUT2D eigenvalue weighted by Crippen LogP contribution is -2.20. The van der Waals surface area contributed by atoms with Crippen molar-refractivity contribution in [2.24, 2.45) is 5.10 Å². The van der Waals surface area contributed by atoms with Crippen LogP contribution in [0.1, 0.15) is 16.7 Å². The summed E-state index contributed by atoms with van der Waals surface area (Å²) in [5.41, 5.74) is 0.795. The maximum absolute atomic E-state index is 13.4. The van der Waals surface area contributed by atoms with Gasteiger partial charge in [0.2, 0.25) is 0 Å². The van der Waals surface area contributed by atoms with Gasteiger partial charge < -0.3 is 4.74 Å². The van der Waals surface area contributed by atoms with Gasteiger partial charge in [0.05, 0.1) is 27.2 Å². The van der Waals surface area contributed by atoms with E-state index in [1.165, 1.54) is 18.3 Å². The molecule has 0 aliphatic rings. The van der Waals surface area contributed by atoms with Gasteiger partial charge in [0, 0.05) is 5.56 Å². The number of para-hydroxylation sites is 1. The van der Waals surface area contributed by atoms with Gasteiger partial charge in [0.25, 0.3) is 5.56 Å². The second kappa shape index (κ2) is 10.6. The Labute approximate surface area is 224 Å². The molecule has 5 nitrogen and oxygen atoms in total. The average molecular weight is 578 g/mol. The van der Waals surface area contributed by atoms with Crippen LogP contribution in [-0.2, 0) is 12.8 Å². The van der Waals surface area contributed by atoms with Crippen LogP contribution in [0.5, 0.6) is 5.75 Å². The van der Waals surface area contributed by atoms with E-state index in [1.807, 2.05) is 30.3 Å². The zero-order chi connectivity index (χ0) is 26.7. The third-order valence-corrected chi connectivity index (χ3v) is 6.34. The highest BCUT2D eigenvalue weighted by molar-refractivity contribution is 9.10. The fourth-order valence-electron chi connectivity index (χ4n) is 3.83. The van der Waals surface area contributed by atoms with E-state index in [0.717, 1.165) is 22.4 Å². The van der Waals surface area contributed by atoms with Gasteiger partial charge in [-0.2, -0.15) is 22.9 Å². The molecule has 0 aliphatic carbocycles. The molecule has 0 atom stereocenters. The number of halogens is 4. The molecule has 1 aromatic heterocycles. The first kappa shape index (κ1) is 25.4. The summed E-state index contributed by atoms with van der Waals surface area (Å²) in [5, 5.41) is 4.63. The highest BCUT2D eigenvalue weighted by Gasteiger charge is 2.31. The Kier molecular flexibility index (Phi) is 7.11. The molecular formula is C29H19BrF3N3O2. The lowest BCUT2D eigenvalue weighted by Gasteiger charge is -2.12. The Bertz CT molecular complexity index is 1700. The summed E-state index contributed by atoms with van der Waals surface area (Å²) < 4.78 is 47.7. The van der Waals surface area contributed by atoms with Crippen LogP contribution in [0.2, 0.25) is 0 Å². The summed E-state index contributed by atoms with van der Waals surface area (Å²) in [6, 6.07) is 26.3. The van der Waals surface area contributed by atoms with Gasteiger partial charge in [-0.05, 0) is 69.5 Å². The molecule has 0 fully saturated rings. The first-order valence-corrected chi connectivity index (χ1v) is 12.3. The Morgan fingerprint density at radius 2 is 1.68 bits per heavy atom. The van der Waals surface area contributed by atoms with E-state index < -0.39 is 17.3 Å². The second-order valence-electron chi connectivity index (χ2n) is 8.36. The van der Waals surface area contributed by atoms with Crippen LogP contribution in [-0.4, -0.2) is 15.9 Å². The summed E-state index contributed by atoms with van der Waals surface area (Å²) in [5.74, 6) is 0.623. The van der Waals surface area contributed by atoms with Gasteiger partial charge in [-0.25, -0.2) is 4.98 Å². The summed E-state index contributed by atoms with van der Waals surface area (Å²) in [6.07, 6.45) is -3.10. The minimum Gasteiger partial charge on any atom is -0.488 e. The van der Waals surface area contributed by atoms with Crippen molar-refractivity contribution in [3.8, 4) is 17.1 Å². The minimum atomic E-state index is -4.54. The van der Waals surface area contributed by atoms with E-state index in [-0.39, 0.29) is 11.4 Å². The molecule has 5 rings (SSSR count). The van der Waals surface area contributed by atoms with Gasteiger partial charge in [-0.3, -0.25) is 4.79 Å². The van der Waals surface area contributed by atoms with Gasteiger partial charge in [-0.15, -0.1) is 0 Å². The van der Waals surface area contributed by atoms with Crippen LogP contribution >= 0.6 is 15.9 Å². The van der Waals surface area contributed by atoms with Crippen LogP contribution in [0.15, 0.2) is 111 Å². The van der Waals surface area contributed by atoms with Gasteiger partial charge in [0.15, 0.2) is 5.82 Å². The van der Waals surface area contributed by atoms with Crippen molar-refractivity contribution in [1.29, 1.82) is 0 Å². The fourth-order valence-corrected chi connectivity index (χ4v) is 4.34. The van der Waals surface area contributed by atoms with E-state index in [4.69, 9.17) is 4.74 Å². The Hall–Kier alpha value is -4.24. The third kappa shape index (κ3) is 5.52. The first-order valence-electron chi connectivity index (χ1n) is 11.5. The van der Waals surface area contributed by atoms with Crippen molar-refractivity contribution in [1.82, 2.24) is 9.66 Å². The lowest BCUT2D eigenvalue weighted by atomic mass is 10.1. The number of hydrogen-bond acceptors (Lipinski definition) is 4. The van der Waals surface area contributed by atoms with E-state index in [1.54, 1.807) is 42.5 Å². The van der Waals surface area contributed by atoms with Crippen LogP contribution < -0.4 is 10.3 Å². The number of hydrogen-bond donors (Lipinski definition) is 0. The number of fused-ring (bicyclic) bond motifs is 1. The molecule has 38 heavy (non-hydrogen) atoms. The van der Waals surface area contributed by atoms with Gasteiger partial charge in [0.1, 0.15) is 12.4 Å². The van der Waals surface area contributed by atoms with E-state index >= 15 is 0 Å². The van der Waals surface area contributed by atoms with Crippen molar-refractivity contribution >= 4 is 33.0 Å². The maximum atomic E-state index is 13.4. The predicted molar refractivity (Wildman–Crippen MR) is 144 cm³/mol. The molecule has 4 aromatic carbocycles. The number of nitrogens with zero attached hydrogens (tertiary/aromatic N) is 3. The molecule has 0 aliphatic heterocycles. The van der Waals surface area contributed by atoms with Crippen LogP contribution in [0.3, 0.4) is 0 Å². The summed E-state index contributed by atoms with van der Waals surface area (Å²) in [7, 11) is 0. The zero-order valence-corrected chi connectivity index (χ0v) is 21.3. The maximum Gasteiger partial charge on any atom is 0.416 e. The topological polar surface area (TPSA) is 56.5 Å². The van der Waals surface area contributed by atoms with E-state index in [9.17, 15) is 18.0 Å². The monoisotopic (exact) mass is 577 g/mol. The molecule has 1 heterocycles. The lowest BCUT2D eigenvalue weighted by molar-refractivity contribution is -0.137. The molecule has 0 saturated heterocycles. The van der Waals surface area contributed by atoms with Crippen molar-refractivity contribution in [2.75, 3.05) is 0 Å². The predicted octanol–water partition coefficient (Wildman–Crippen LogP) is 7.31. The number of alkyl halides is 3. The number of aromatic nitrogens is 2. The van der Waals surface area contributed by atoms with Crippen LogP contribution in [0, 0.1) is 0 Å². The highest BCUT2D eigenvalue weighted by Crippen LogP contribution is 2.32. The van der Waals surface area contributed by atoms with Crippen molar-refractivity contribution in [3.05, 3.63) is 129 Å². The smallest absolute Gasteiger partial charge is 0.416 e. The molecule has 0 saturated carbocycles. The normalized spacial score (nSPS) is 11.8. The van der Waals surface area contributed by atoms with Gasteiger partial charge >= 0.3 is 6.18 Å².